The van der Waals surface area contributed by atoms with E-state index < -0.39 is 42.5 Å². The van der Waals surface area contributed by atoms with Crippen molar-refractivity contribution in [3.05, 3.63) is 23.3 Å². The third-order valence-corrected chi connectivity index (χ3v) is 8.49. The summed E-state index contributed by atoms with van der Waals surface area (Å²) in [6.07, 6.45) is 2.34. The Hall–Kier alpha value is -2.83. The van der Waals surface area contributed by atoms with Crippen LogP contribution in [0.4, 0.5) is 4.79 Å². The number of carbonyl (C=O) groups excluding carboxylic acids is 3. The zero-order valence-corrected chi connectivity index (χ0v) is 29.2. The Balaban J connectivity index is 1.63. The van der Waals surface area contributed by atoms with Crippen molar-refractivity contribution in [2.45, 2.75) is 130 Å². The summed E-state index contributed by atoms with van der Waals surface area (Å²) < 4.78 is 36.1. The second-order valence-corrected chi connectivity index (χ2v) is 16.0. The Morgan fingerprint density at radius 1 is 1.07 bits per heavy atom. The molecule has 3 atom stereocenters. The Labute approximate surface area is 273 Å². The number of aryl methyl sites for hydroxylation is 1. The van der Waals surface area contributed by atoms with Crippen molar-refractivity contribution in [2.75, 3.05) is 19.7 Å². The van der Waals surface area contributed by atoms with Gasteiger partial charge in [-0.15, -0.1) is 0 Å². The first kappa shape index (κ1) is 36.0. The molecule has 0 spiro atoms. The Morgan fingerprint density at radius 3 is 2.33 bits per heavy atom. The van der Waals surface area contributed by atoms with Crippen LogP contribution in [0.15, 0.2) is 12.1 Å². The molecule has 3 unspecified atom stereocenters. The van der Waals surface area contributed by atoms with E-state index >= 15 is 0 Å². The van der Waals surface area contributed by atoms with Gasteiger partial charge in [0.1, 0.15) is 28.6 Å². The first-order valence-electron chi connectivity index (χ1n) is 16.4. The van der Waals surface area contributed by atoms with Crippen LogP contribution in [0.25, 0.3) is 0 Å². The van der Waals surface area contributed by atoms with E-state index in [0.717, 1.165) is 19.3 Å². The third-order valence-electron chi connectivity index (χ3n) is 8.49. The van der Waals surface area contributed by atoms with Crippen LogP contribution in [-0.2, 0) is 30.0 Å². The van der Waals surface area contributed by atoms with Crippen LogP contribution < -0.4 is 9.47 Å². The van der Waals surface area contributed by atoms with E-state index in [-0.39, 0.29) is 59.8 Å². The van der Waals surface area contributed by atoms with E-state index in [1.165, 1.54) is 0 Å². The molecule has 2 heterocycles. The van der Waals surface area contributed by atoms with Gasteiger partial charge in [-0.3, -0.25) is 4.79 Å². The predicted molar refractivity (Wildman–Crippen MR) is 172 cm³/mol. The maximum atomic E-state index is 13.8. The van der Waals surface area contributed by atoms with E-state index in [1.807, 2.05) is 0 Å². The van der Waals surface area contributed by atoms with Gasteiger partial charge in [0.15, 0.2) is 5.75 Å². The average Bonchev–Trinajstić information content (AvgIpc) is 3.20. The smallest absolute Gasteiger partial charge is 0.486 e. The minimum atomic E-state index is -0.969. The van der Waals surface area contributed by atoms with Gasteiger partial charge in [-0.05, 0) is 97.5 Å². The molecule has 1 N–H and O–H groups in total. The van der Waals surface area contributed by atoms with E-state index in [1.54, 1.807) is 65.5 Å². The molecule has 12 heteroatoms. The summed E-state index contributed by atoms with van der Waals surface area (Å²) in [6.45, 7) is 19.0. The molecule has 3 aliphatic rings. The third kappa shape index (κ3) is 8.95. The number of nitrogens with zero attached hydrogens (tertiary/aromatic N) is 1. The largest absolute Gasteiger partial charge is 0.514 e. The lowest BCUT2D eigenvalue weighted by molar-refractivity contribution is -0.145. The lowest BCUT2D eigenvalue weighted by atomic mass is 9.69. The summed E-state index contributed by atoms with van der Waals surface area (Å²) in [4.78, 5) is 40.9. The lowest BCUT2D eigenvalue weighted by Crippen LogP contribution is -2.57. The highest BCUT2D eigenvalue weighted by molar-refractivity contribution is 6.45. The fourth-order valence-corrected chi connectivity index (χ4v) is 6.38. The van der Waals surface area contributed by atoms with Crippen LogP contribution in [0.1, 0.15) is 104 Å². The fourth-order valence-electron chi connectivity index (χ4n) is 6.38. The van der Waals surface area contributed by atoms with Crippen LogP contribution in [0.5, 0.6) is 11.5 Å². The minimum absolute atomic E-state index is 0.00500. The number of carbonyl (C=O) groups is 3. The number of hydrogen-bond acceptors (Lipinski definition) is 10. The number of aliphatic hydroxyl groups is 1. The van der Waals surface area contributed by atoms with Crippen molar-refractivity contribution in [1.29, 1.82) is 0 Å². The summed E-state index contributed by atoms with van der Waals surface area (Å²) in [7, 11) is -0.459. The molecule has 1 amide bonds. The molecule has 2 saturated heterocycles. The molecule has 1 aromatic rings. The number of benzene rings is 1. The van der Waals surface area contributed by atoms with Crippen LogP contribution in [-0.4, -0.2) is 83.9 Å². The molecular formula is C34H52BNO10. The van der Waals surface area contributed by atoms with Crippen molar-refractivity contribution < 1.29 is 47.7 Å². The molecular weight excluding hydrogens is 593 g/mol. The van der Waals surface area contributed by atoms with Crippen molar-refractivity contribution in [1.82, 2.24) is 4.90 Å². The van der Waals surface area contributed by atoms with Crippen molar-refractivity contribution in [2.24, 2.45) is 11.3 Å². The average molecular weight is 646 g/mol. The first-order valence-corrected chi connectivity index (χ1v) is 16.4. The van der Waals surface area contributed by atoms with E-state index in [4.69, 9.17) is 28.3 Å². The quantitative estimate of drug-likeness (QED) is 0.206. The summed E-state index contributed by atoms with van der Waals surface area (Å²) in [6, 6.07) is 3.42. The normalized spacial score (nSPS) is 23.7. The summed E-state index contributed by atoms with van der Waals surface area (Å²) in [5, 5.41) is 9.37. The number of likely N-dealkylation sites (tertiary alicyclic amines) is 1. The minimum Gasteiger partial charge on any atom is -0.486 e. The van der Waals surface area contributed by atoms with Gasteiger partial charge in [-0.2, -0.15) is 0 Å². The number of aliphatic hydroxyl groups excluding tert-OH is 1. The molecule has 1 aliphatic carbocycles. The molecule has 256 valence electrons. The molecule has 0 bridgehead atoms. The maximum absolute atomic E-state index is 13.8. The van der Waals surface area contributed by atoms with Gasteiger partial charge >= 0.3 is 19.2 Å². The zero-order chi connectivity index (χ0) is 34.2. The molecule has 0 aromatic heterocycles. The molecule has 4 rings (SSSR count). The number of amides is 1. The highest BCUT2D eigenvalue weighted by atomic mass is 16.7. The summed E-state index contributed by atoms with van der Waals surface area (Å²) in [5.74, 6) is -1.26. The molecule has 0 radical (unpaired) electrons. The van der Waals surface area contributed by atoms with E-state index in [9.17, 15) is 19.5 Å². The fraction of sp³-hybridized carbons (Fsp3) is 0.735. The molecule has 11 nitrogen and oxygen atoms in total. The Kier molecular flexibility index (Phi) is 10.5. The topological polar surface area (TPSA) is 130 Å². The van der Waals surface area contributed by atoms with Gasteiger partial charge in [0.05, 0.1) is 37.3 Å². The molecule has 1 aromatic carbocycles. The molecule has 2 aliphatic heterocycles. The number of ether oxygens (including phenoxy) is 4. The van der Waals surface area contributed by atoms with Gasteiger partial charge in [0.2, 0.25) is 5.91 Å². The van der Waals surface area contributed by atoms with E-state index in [2.05, 4.69) is 20.8 Å². The van der Waals surface area contributed by atoms with Gasteiger partial charge in [-0.25, -0.2) is 9.59 Å². The first-order chi connectivity index (χ1) is 21.2. The maximum Gasteiger partial charge on any atom is 0.514 e. The standard InChI is InChI=1S/C34H52BNO10/c1-21(19-37)28(38)36-17-23(18-36)41-24-12-11-22(14-16-35-45-25-13-15-33(8,9)20-34(25,10)46-35)27(42-30(40)44-32(5,6)7)26(24)29(39)43-31(2,3)4/h11-12,21,23,25,37H,13-20H2,1-10H3. The SMILES string of the molecule is CC(CO)C(=O)N1CC(Oc2ccc(CCB3OC4CCC(C)(C)CC4(C)O3)c(OC(=O)OC(C)(C)C)c2C(=O)OC(C)(C)C)C1. The predicted octanol–water partition coefficient (Wildman–Crippen LogP) is 5.59. The highest BCUT2D eigenvalue weighted by Gasteiger charge is 2.53. The Morgan fingerprint density at radius 2 is 1.72 bits per heavy atom. The summed E-state index contributed by atoms with van der Waals surface area (Å²) >= 11 is 0. The van der Waals surface area contributed by atoms with Crippen LogP contribution in [0.3, 0.4) is 0 Å². The molecule has 46 heavy (non-hydrogen) atoms. The zero-order valence-electron chi connectivity index (χ0n) is 29.2. The van der Waals surface area contributed by atoms with Gasteiger partial charge < -0.3 is 38.3 Å². The van der Waals surface area contributed by atoms with Gasteiger partial charge in [0, 0.05) is 0 Å². The number of rotatable bonds is 9. The van der Waals surface area contributed by atoms with Gasteiger partial charge in [0.25, 0.3) is 0 Å². The monoisotopic (exact) mass is 645 g/mol. The summed E-state index contributed by atoms with van der Waals surface area (Å²) in [5.41, 5.74) is -1.38. The highest BCUT2D eigenvalue weighted by Crippen LogP contribution is 2.48. The van der Waals surface area contributed by atoms with E-state index in [0.29, 0.717) is 18.3 Å². The van der Waals surface area contributed by atoms with Crippen LogP contribution in [0.2, 0.25) is 6.32 Å². The van der Waals surface area contributed by atoms with Gasteiger partial charge in [-0.1, -0.05) is 26.8 Å². The number of fused-ring (bicyclic) bond motifs is 1. The van der Waals surface area contributed by atoms with Crippen molar-refractivity contribution in [3.63, 3.8) is 0 Å². The van der Waals surface area contributed by atoms with Crippen LogP contribution >= 0.6 is 0 Å². The van der Waals surface area contributed by atoms with Crippen molar-refractivity contribution in [3.8, 4) is 11.5 Å². The van der Waals surface area contributed by atoms with Crippen molar-refractivity contribution >= 4 is 25.2 Å². The second-order valence-electron chi connectivity index (χ2n) is 16.0. The number of esters is 1. The van der Waals surface area contributed by atoms with Crippen LogP contribution in [0, 0.1) is 11.3 Å². The lowest BCUT2D eigenvalue weighted by Gasteiger charge is -2.43. The Bertz CT molecular complexity index is 1300. The second kappa shape index (κ2) is 13.4. The number of hydrogen-bond donors (Lipinski definition) is 1. The molecule has 1 saturated carbocycles. The molecule has 3 fully saturated rings.